The third-order valence-corrected chi connectivity index (χ3v) is 3.81. The highest BCUT2D eigenvalue weighted by molar-refractivity contribution is 5.97. The number of carbonyl (C=O) groups is 2. The standard InChI is InChI=1S/C13H17N3O3/c1-13(12(18)19)6-2-5-9(13)16-11(17)10-8(14)4-3-7-15-10/h3-4,7,9H,2,5-6,14H2,1H3,(H,16,17)(H,18,19). The van der Waals surface area contributed by atoms with Crippen molar-refractivity contribution < 1.29 is 14.7 Å². The van der Waals surface area contributed by atoms with E-state index >= 15 is 0 Å². The highest BCUT2D eigenvalue weighted by Crippen LogP contribution is 2.38. The smallest absolute Gasteiger partial charge is 0.311 e. The number of amides is 1. The zero-order valence-corrected chi connectivity index (χ0v) is 10.7. The molecule has 1 fully saturated rings. The largest absolute Gasteiger partial charge is 0.481 e. The molecule has 2 atom stereocenters. The summed E-state index contributed by atoms with van der Waals surface area (Å²) in [4.78, 5) is 27.3. The molecule has 2 rings (SSSR count). The number of nitrogens with one attached hydrogen (secondary N) is 1. The lowest BCUT2D eigenvalue weighted by atomic mass is 9.85. The van der Waals surface area contributed by atoms with Gasteiger partial charge in [-0.3, -0.25) is 9.59 Å². The highest BCUT2D eigenvalue weighted by atomic mass is 16.4. The summed E-state index contributed by atoms with van der Waals surface area (Å²) >= 11 is 0. The number of hydrogen-bond donors (Lipinski definition) is 3. The van der Waals surface area contributed by atoms with Gasteiger partial charge in [-0.25, -0.2) is 4.98 Å². The number of carboxylic acids is 1. The van der Waals surface area contributed by atoms with Gasteiger partial charge in [0.1, 0.15) is 0 Å². The molecule has 0 radical (unpaired) electrons. The topological polar surface area (TPSA) is 105 Å². The molecule has 0 bridgehead atoms. The molecule has 1 heterocycles. The van der Waals surface area contributed by atoms with Crippen LogP contribution >= 0.6 is 0 Å². The molecule has 2 unspecified atom stereocenters. The van der Waals surface area contributed by atoms with Gasteiger partial charge in [0.15, 0.2) is 5.69 Å². The lowest BCUT2D eigenvalue weighted by molar-refractivity contribution is -0.148. The third kappa shape index (κ3) is 2.38. The van der Waals surface area contributed by atoms with Crippen LogP contribution in [0.25, 0.3) is 0 Å². The van der Waals surface area contributed by atoms with Gasteiger partial charge in [-0.05, 0) is 31.9 Å². The number of anilines is 1. The number of nitrogens with zero attached hydrogens (tertiary/aromatic N) is 1. The number of carbonyl (C=O) groups excluding carboxylic acids is 1. The van der Waals surface area contributed by atoms with E-state index in [0.29, 0.717) is 12.8 Å². The van der Waals surface area contributed by atoms with Crippen molar-refractivity contribution in [3.63, 3.8) is 0 Å². The van der Waals surface area contributed by atoms with Crippen LogP contribution in [0.4, 0.5) is 5.69 Å². The van der Waals surface area contributed by atoms with Crippen LogP contribution in [0.15, 0.2) is 18.3 Å². The first kappa shape index (κ1) is 13.3. The molecule has 102 valence electrons. The number of rotatable bonds is 3. The molecule has 0 aromatic carbocycles. The zero-order chi connectivity index (χ0) is 14.0. The van der Waals surface area contributed by atoms with Crippen LogP contribution < -0.4 is 11.1 Å². The fourth-order valence-corrected chi connectivity index (χ4v) is 2.49. The van der Waals surface area contributed by atoms with Gasteiger partial charge >= 0.3 is 5.97 Å². The van der Waals surface area contributed by atoms with Gasteiger partial charge in [0.05, 0.1) is 11.1 Å². The minimum Gasteiger partial charge on any atom is -0.481 e. The number of hydrogen-bond acceptors (Lipinski definition) is 4. The molecule has 0 spiro atoms. The molecule has 1 aromatic rings. The second-order valence-corrected chi connectivity index (χ2v) is 5.08. The minimum atomic E-state index is -0.917. The van der Waals surface area contributed by atoms with E-state index in [0.717, 1.165) is 6.42 Å². The Morgan fingerprint density at radius 3 is 2.95 bits per heavy atom. The Hall–Kier alpha value is -2.11. The average Bonchev–Trinajstić information content (AvgIpc) is 2.73. The van der Waals surface area contributed by atoms with Crippen LogP contribution in [0.1, 0.15) is 36.7 Å². The van der Waals surface area contributed by atoms with Gasteiger partial charge in [0.2, 0.25) is 0 Å². The fraction of sp³-hybridized carbons (Fsp3) is 0.462. The van der Waals surface area contributed by atoms with E-state index in [2.05, 4.69) is 10.3 Å². The number of aliphatic carboxylic acids is 1. The zero-order valence-electron chi connectivity index (χ0n) is 10.7. The molecule has 19 heavy (non-hydrogen) atoms. The van der Waals surface area contributed by atoms with Crippen LogP contribution in [0.2, 0.25) is 0 Å². The Kier molecular flexibility index (Phi) is 3.42. The third-order valence-electron chi connectivity index (χ3n) is 3.81. The second-order valence-electron chi connectivity index (χ2n) is 5.08. The molecule has 1 aromatic heterocycles. The van der Waals surface area contributed by atoms with E-state index in [1.54, 1.807) is 19.1 Å². The van der Waals surface area contributed by atoms with Crippen molar-refractivity contribution in [1.82, 2.24) is 10.3 Å². The van der Waals surface area contributed by atoms with Crippen molar-refractivity contribution >= 4 is 17.6 Å². The summed E-state index contributed by atoms with van der Waals surface area (Å²) < 4.78 is 0. The number of aromatic nitrogens is 1. The summed E-state index contributed by atoms with van der Waals surface area (Å²) in [5.74, 6) is -1.30. The second kappa shape index (κ2) is 4.87. The monoisotopic (exact) mass is 263 g/mol. The maximum Gasteiger partial charge on any atom is 0.311 e. The van der Waals surface area contributed by atoms with Crippen molar-refractivity contribution in [2.45, 2.75) is 32.2 Å². The number of nitrogens with two attached hydrogens (primary N) is 1. The summed E-state index contributed by atoms with van der Waals surface area (Å²) in [6.45, 7) is 1.66. The number of carboxylic acid groups (broad SMARTS) is 1. The number of nitrogen functional groups attached to an aromatic ring is 1. The van der Waals surface area contributed by atoms with Crippen molar-refractivity contribution in [3.05, 3.63) is 24.0 Å². The maximum atomic E-state index is 12.1. The van der Waals surface area contributed by atoms with E-state index in [1.807, 2.05) is 0 Å². The molecule has 1 amide bonds. The Morgan fingerprint density at radius 2 is 2.32 bits per heavy atom. The molecule has 1 aliphatic carbocycles. The lowest BCUT2D eigenvalue weighted by Gasteiger charge is -2.27. The van der Waals surface area contributed by atoms with Crippen LogP contribution in [0.5, 0.6) is 0 Å². The van der Waals surface area contributed by atoms with Gasteiger partial charge in [0, 0.05) is 12.2 Å². The fourth-order valence-electron chi connectivity index (χ4n) is 2.49. The van der Waals surface area contributed by atoms with Gasteiger partial charge in [-0.2, -0.15) is 0 Å². The first-order valence-corrected chi connectivity index (χ1v) is 6.20. The molecule has 6 nitrogen and oxygen atoms in total. The maximum absolute atomic E-state index is 12.1. The van der Waals surface area contributed by atoms with Crippen LogP contribution in [-0.2, 0) is 4.79 Å². The Morgan fingerprint density at radius 1 is 1.58 bits per heavy atom. The van der Waals surface area contributed by atoms with Crippen molar-refractivity contribution in [2.24, 2.45) is 5.41 Å². The van der Waals surface area contributed by atoms with Crippen LogP contribution in [0.3, 0.4) is 0 Å². The SMILES string of the molecule is CC1(C(=O)O)CCCC1NC(=O)c1ncccc1N. The van der Waals surface area contributed by atoms with E-state index in [1.165, 1.54) is 6.20 Å². The quantitative estimate of drug-likeness (QED) is 0.755. The Labute approximate surface area is 111 Å². The van der Waals surface area contributed by atoms with E-state index in [-0.39, 0.29) is 17.4 Å². The van der Waals surface area contributed by atoms with Crippen LogP contribution in [0, 0.1) is 5.41 Å². The molecule has 0 saturated heterocycles. The molecule has 1 saturated carbocycles. The van der Waals surface area contributed by atoms with Crippen molar-refractivity contribution in [1.29, 1.82) is 0 Å². The first-order chi connectivity index (χ1) is 8.95. The molecule has 0 aliphatic heterocycles. The van der Waals surface area contributed by atoms with Gasteiger partial charge in [-0.15, -0.1) is 0 Å². The van der Waals surface area contributed by atoms with Crippen LogP contribution in [-0.4, -0.2) is 28.0 Å². The average molecular weight is 263 g/mol. The van der Waals surface area contributed by atoms with Crippen molar-refractivity contribution in [2.75, 3.05) is 5.73 Å². The molecule has 4 N–H and O–H groups in total. The van der Waals surface area contributed by atoms with Crippen molar-refractivity contribution in [3.8, 4) is 0 Å². The predicted molar refractivity (Wildman–Crippen MR) is 69.5 cm³/mol. The van der Waals surface area contributed by atoms with E-state index < -0.39 is 17.3 Å². The normalized spacial score (nSPS) is 26.1. The van der Waals surface area contributed by atoms with Gasteiger partial charge in [-0.1, -0.05) is 6.42 Å². The molecular weight excluding hydrogens is 246 g/mol. The van der Waals surface area contributed by atoms with E-state index in [9.17, 15) is 14.7 Å². The molecule has 6 heteroatoms. The summed E-state index contributed by atoms with van der Waals surface area (Å²) in [6, 6.07) is 2.84. The summed E-state index contributed by atoms with van der Waals surface area (Å²) in [6.07, 6.45) is 3.48. The first-order valence-electron chi connectivity index (χ1n) is 6.20. The minimum absolute atomic E-state index is 0.141. The Bertz CT molecular complexity index is 518. The summed E-state index contributed by atoms with van der Waals surface area (Å²) in [5, 5.41) is 12.0. The summed E-state index contributed by atoms with van der Waals surface area (Å²) in [5.41, 5.74) is 5.19. The van der Waals surface area contributed by atoms with E-state index in [4.69, 9.17) is 5.73 Å². The summed E-state index contributed by atoms with van der Waals surface area (Å²) in [7, 11) is 0. The number of pyridine rings is 1. The highest BCUT2D eigenvalue weighted by Gasteiger charge is 2.46. The molecular formula is C13H17N3O3. The van der Waals surface area contributed by atoms with Gasteiger partial charge < -0.3 is 16.2 Å². The lowest BCUT2D eigenvalue weighted by Crippen LogP contribution is -2.47. The predicted octanol–water partition coefficient (Wildman–Crippen LogP) is 1.04. The molecule has 1 aliphatic rings. The van der Waals surface area contributed by atoms with Gasteiger partial charge in [0.25, 0.3) is 5.91 Å². The Balaban J connectivity index is 2.16.